The Hall–Kier alpha value is -1.92. The summed E-state index contributed by atoms with van der Waals surface area (Å²) in [5.41, 5.74) is 8.29. The normalized spacial score (nSPS) is 15.2. The first kappa shape index (κ1) is 19.4. The van der Waals surface area contributed by atoms with Gasteiger partial charge in [-0.1, -0.05) is 43.4 Å². The average molecular weight is 380 g/mol. The number of hydrogen-bond donors (Lipinski definition) is 2. The van der Waals surface area contributed by atoms with E-state index in [2.05, 4.69) is 24.1 Å². The number of aryl methyl sites for hydroxylation is 1. The van der Waals surface area contributed by atoms with Gasteiger partial charge in [0.25, 0.3) is 0 Å². The number of nitrogens with two attached hydrogens (primary N) is 1. The fourth-order valence-corrected chi connectivity index (χ4v) is 3.90. The van der Waals surface area contributed by atoms with E-state index in [0.29, 0.717) is 35.0 Å². The second-order valence-corrected chi connectivity index (χ2v) is 7.98. The molecule has 134 valence electrons. The molecule has 0 radical (unpaired) electrons. The van der Waals surface area contributed by atoms with Gasteiger partial charge in [0.15, 0.2) is 10.9 Å². The lowest BCUT2D eigenvalue weighted by Crippen LogP contribution is -2.26. The number of hydrogen-bond acceptors (Lipinski definition) is 5. The van der Waals surface area contributed by atoms with Crippen LogP contribution in [0, 0.1) is 5.41 Å². The fourth-order valence-electron chi connectivity index (χ4n) is 2.97. The van der Waals surface area contributed by atoms with Gasteiger partial charge in [0.1, 0.15) is 0 Å². The number of ketones is 1. The summed E-state index contributed by atoms with van der Waals surface area (Å²) in [7, 11) is 0. The molecule has 0 bridgehead atoms. The Balaban J connectivity index is 0.00000225. The Morgan fingerprint density at radius 2 is 2.04 bits per heavy atom. The van der Waals surface area contributed by atoms with Gasteiger partial charge in [-0.3, -0.25) is 9.59 Å². The second kappa shape index (κ2) is 7.54. The van der Waals surface area contributed by atoms with Crippen LogP contribution in [0.1, 0.15) is 47.6 Å². The van der Waals surface area contributed by atoms with Crippen molar-refractivity contribution in [3.63, 3.8) is 0 Å². The summed E-state index contributed by atoms with van der Waals surface area (Å²) >= 11 is 1.28. The van der Waals surface area contributed by atoms with Gasteiger partial charge in [-0.15, -0.1) is 12.4 Å². The zero-order chi connectivity index (χ0) is 17.3. The van der Waals surface area contributed by atoms with Gasteiger partial charge >= 0.3 is 0 Å². The third kappa shape index (κ3) is 4.58. The Labute approximate surface area is 157 Å². The quantitative estimate of drug-likeness (QED) is 0.789. The molecule has 25 heavy (non-hydrogen) atoms. The number of nitrogens with zero attached hydrogens (tertiary/aromatic N) is 1. The third-order valence-electron chi connectivity index (χ3n) is 4.16. The van der Waals surface area contributed by atoms with Gasteiger partial charge in [0.05, 0.1) is 10.6 Å². The minimum atomic E-state index is -0.115. The smallest absolute Gasteiger partial charge is 0.226 e. The van der Waals surface area contributed by atoms with Crippen LogP contribution in [0.3, 0.4) is 0 Å². The van der Waals surface area contributed by atoms with Crippen LogP contribution in [-0.4, -0.2) is 16.7 Å². The van der Waals surface area contributed by atoms with Crippen LogP contribution in [0.4, 0.5) is 10.8 Å². The predicted octanol–water partition coefficient (Wildman–Crippen LogP) is 3.87. The summed E-state index contributed by atoms with van der Waals surface area (Å²) in [5, 5.41) is 3.32. The van der Waals surface area contributed by atoms with Gasteiger partial charge in [-0.05, 0) is 29.9 Å². The standard InChI is InChI=1S/C18H21N3O2S.ClH/c1-18(2)9-13-16(14(22)10-18)24-17(20-13)21-15(23)8-7-11-5-3-4-6-12(11)19;/h3-6H,7-10,19H2,1-2H3,(H,20,21,23);1H. The molecule has 3 N–H and O–H groups in total. The van der Waals surface area contributed by atoms with Crippen LogP contribution in [0.25, 0.3) is 0 Å². The molecule has 0 spiro atoms. The summed E-state index contributed by atoms with van der Waals surface area (Å²) in [6.45, 7) is 4.13. The van der Waals surface area contributed by atoms with E-state index in [9.17, 15) is 9.59 Å². The highest BCUT2D eigenvalue weighted by Crippen LogP contribution is 2.38. The molecule has 0 atom stereocenters. The first-order chi connectivity index (χ1) is 11.3. The van der Waals surface area contributed by atoms with Crippen LogP contribution in [0.5, 0.6) is 0 Å². The topological polar surface area (TPSA) is 85.1 Å². The third-order valence-corrected chi connectivity index (χ3v) is 5.21. The maximum atomic E-state index is 12.2. The largest absolute Gasteiger partial charge is 0.399 e. The van der Waals surface area contributed by atoms with Crippen LogP contribution in [0.15, 0.2) is 24.3 Å². The number of halogens is 1. The number of aromatic nitrogens is 1. The van der Waals surface area contributed by atoms with Crippen molar-refractivity contribution in [1.29, 1.82) is 0 Å². The molecule has 0 saturated carbocycles. The lowest BCUT2D eigenvalue weighted by Gasteiger charge is -2.26. The van der Waals surface area contributed by atoms with Crippen LogP contribution in [0.2, 0.25) is 0 Å². The predicted molar refractivity (Wildman–Crippen MR) is 104 cm³/mol. The summed E-state index contributed by atoms with van der Waals surface area (Å²) < 4.78 is 0. The maximum absolute atomic E-state index is 12.2. The van der Waals surface area contributed by atoms with Crippen LogP contribution < -0.4 is 11.1 Å². The highest BCUT2D eigenvalue weighted by Gasteiger charge is 2.34. The van der Waals surface area contributed by atoms with Crippen molar-refractivity contribution < 1.29 is 9.59 Å². The molecule has 1 aromatic heterocycles. The van der Waals surface area contributed by atoms with Crippen molar-refractivity contribution in [3.05, 3.63) is 40.4 Å². The molecule has 0 aliphatic heterocycles. The molecule has 7 heteroatoms. The summed E-state index contributed by atoms with van der Waals surface area (Å²) in [5.74, 6) is 0.00682. The van der Waals surface area contributed by atoms with Crippen molar-refractivity contribution in [3.8, 4) is 0 Å². The van der Waals surface area contributed by atoms with Crippen LogP contribution in [-0.2, 0) is 17.6 Å². The van der Waals surface area contributed by atoms with Crippen molar-refractivity contribution in [2.75, 3.05) is 11.1 Å². The molecular formula is C18H22ClN3O2S. The maximum Gasteiger partial charge on any atom is 0.226 e. The molecule has 1 amide bonds. The number of Topliss-reactive ketones (excluding diaryl/α,β-unsaturated/α-hetero) is 1. The van der Waals surface area contributed by atoms with E-state index < -0.39 is 0 Å². The lowest BCUT2D eigenvalue weighted by molar-refractivity contribution is -0.116. The molecule has 2 aromatic rings. The van der Waals surface area contributed by atoms with Gasteiger partial charge in [0.2, 0.25) is 5.91 Å². The van der Waals surface area contributed by atoms with Crippen molar-refractivity contribution in [2.45, 2.75) is 39.5 Å². The second-order valence-electron chi connectivity index (χ2n) is 6.98. The Bertz CT molecular complexity index is 801. The van der Waals surface area contributed by atoms with Crippen molar-refractivity contribution in [2.24, 2.45) is 5.41 Å². The monoisotopic (exact) mass is 379 g/mol. The van der Waals surface area contributed by atoms with Gasteiger partial charge in [-0.2, -0.15) is 0 Å². The van der Waals surface area contributed by atoms with Gasteiger partial charge < -0.3 is 11.1 Å². The zero-order valence-electron chi connectivity index (χ0n) is 14.3. The van der Waals surface area contributed by atoms with E-state index in [-0.39, 0.29) is 29.5 Å². The highest BCUT2D eigenvalue weighted by atomic mass is 35.5. The molecular weight excluding hydrogens is 358 g/mol. The number of amides is 1. The van der Waals surface area contributed by atoms with Gasteiger partial charge in [0, 0.05) is 18.5 Å². The number of para-hydroxylation sites is 1. The number of nitrogen functional groups attached to an aromatic ring is 1. The SMILES string of the molecule is CC1(C)CC(=O)c2sc(NC(=O)CCc3ccccc3N)nc2C1.Cl. The molecule has 1 heterocycles. The van der Waals surface area contributed by atoms with E-state index in [1.807, 2.05) is 24.3 Å². The van der Waals surface area contributed by atoms with Crippen LogP contribution >= 0.6 is 23.7 Å². The van der Waals surface area contributed by atoms with E-state index in [1.165, 1.54) is 11.3 Å². The highest BCUT2D eigenvalue weighted by molar-refractivity contribution is 7.17. The van der Waals surface area contributed by atoms with E-state index in [4.69, 9.17) is 5.73 Å². The number of anilines is 2. The molecule has 1 aliphatic rings. The molecule has 0 fully saturated rings. The van der Waals surface area contributed by atoms with Crippen molar-refractivity contribution in [1.82, 2.24) is 4.98 Å². The number of nitrogens with one attached hydrogen (secondary N) is 1. The molecule has 0 saturated heterocycles. The number of thiazole rings is 1. The van der Waals surface area contributed by atoms with E-state index in [1.54, 1.807) is 0 Å². The fraction of sp³-hybridized carbons (Fsp3) is 0.389. The molecule has 0 unspecified atom stereocenters. The van der Waals surface area contributed by atoms with Crippen molar-refractivity contribution >= 4 is 46.3 Å². The summed E-state index contributed by atoms with van der Waals surface area (Å²) in [4.78, 5) is 29.5. The Morgan fingerprint density at radius 3 is 2.76 bits per heavy atom. The summed E-state index contributed by atoms with van der Waals surface area (Å²) in [6.07, 6.45) is 2.21. The minimum Gasteiger partial charge on any atom is -0.399 e. The molecule has 5 nitrogen and oxygen atoms in total. The molecule has 1 aromatic carbocycles. The molecule has 3 rings (SSSR count). The minimum absolute atomic E-state index is 0. The van der Waals surface area contributed by atoms with E-state index in [0.717, 1.165) is 17.7 Å². The Kier molecular flexibility index (Phi) is 5.85. The number of carbonyl (C=O) groups is 2. The number of carbonyl (C=O) groups excluding carboxylic acids is 2. The van der Waals surface area contributed by atoms with E-state index >= 15 is 0 Å². The first-order valence-corrected chi connectivity index (χ1v) is 8.82. The molecule has 1 aliphatic carbocycles. The lowest BCUT2D eigenvalue weighted by atomic mass is 9.78. The first-order valence-electron chi connectivity index (χ1n) is 8.00. The van der Waals surface area contributed by atoms with Gasteiger partial charge in [-0.25, -0.2) is 4.98 Å². The number of benzene rings is 1. The average Bonchev–Trinajstić information content (AvgIpc) is 2.87. The summed E-state index contributed by atoms with van der Waals surface area (Å²) in [6, 6.07) is 7.53. The Morgan fingerprint density at radius 1 is 1.32 bits per heavy atom. The number of fused-ring (bicyclic) bond motifs is 1. The zero-order valence-corrected chi connectivity index (χ0v) is 15.9. The number of rotatable bonds is 4.